The van der Waals surface area contributed by atoms with E-state index < -0.39 is 12.1 Å². The Morgan fingerprint density at radius 2 is 2.00 bits per heavy atom. The number of nitrogens with one attached hydrogen (secondary N) is 3. The molecule has 138 valence electrons. The minimum absolute atomic E-state index is 0.210. The summed E-state index contributed by atoms with van der Waals surface area (Å²) in [6, 6.07) is -1.78. The Bertz CT molecular complexity index is 653. The lowest BCUT2D eigenvalue weighted by Crippen LogP contribution is -2.52. The Morgan fingerprint density at radius 1 is 1.32 bits per heavy atom. The van der Waals surface area contributed by atoms with Crippen LogP contribution in [0.3, 0.4) is 0 Å². The van der Waals surface area contributed by atoms with Crippen LogP contribution in [0.4, 0.5) is 4.79 Å². The van der Waals surface area contributed by atoms with Gasteiger partial charge in [0.2, 0.25) is 11.7 Å². The Balaban J connectivity index is 1.82. The number of amides is 4. The lowest BCUT2D eigenvalue weighted by Gasteiger charge is -2.19. The number of rotatable bonds is 8. The molecule has 1 saturated carbocycles. The number of carbonyl (C=O) groups is 3. The molecule has 1 fully saturated rings. The summed E-state index contributed by atoms with van der Waals surface area (Å²) in [7, 11) is 0. The molecule has 1 unspecified atom stereocenters. The van der Waals surface area contributed by atoms with Gasteiger partial charge in [0.15, 0.2) is 5.89 Å². The van der Waals surface area contributed by atoms with Crippen molar-refractivity contribution in [2.75, 3.05) is 6.54 Å². The van der Waals surface area contributed by atoms with E-state index in [0.717, 1.165) is 12.8 Å². The molecule has 0 aliphatic heterocycles. The minimum Gasteiger partial charge on any atom is -0.435 e. The van der Waals surface area contributed by atoms with Crippen LogP contribution in [0.2, 0.25) is 0 Å². The third kappa shape index (κ3) is 5.20. The van der Waals surface area contributed by atoms with Gasteiger partial charge < -0.3 is 26.1 Å². The van der Waals surface area contributed by atoms with Gasteiger partial charge in [-0.25, -0.2) is 9.78 Å². The van der Waals surface area contributed by atoms with Crippen molar-refractivity contribution in [3.8, 4) is 0 Å². The van der Waals surface area contributed by atoms with E-state index in [2.05, 4.69) is 20.9 Å². The summed E-state index contributed by atoms with van der Waals surface area (Å²) in [4.78, 5) is 39.4. The highest BCUT2D eigenvalue weighted by Gasteiger charge is 2.31. The Hall–Kier alpha value is -2.58. The number of aryl methyl sites for hydroxylation is 1. The number of hydrogen-bond donors (Lipinski definition) is 4. The van der Waals surface area contributed by atoms with E-state index in [-0.39, 0.29) is 30.2 Å². The van der Waals surface area contributed by atoms with Crippen molar-refractivity contribution < 1.29 is 18.8 Å². The van der Waals surface area contributed by atoms with E-state index in [0.29, 0.717) is 23.9 Å². The van der Waals surface area contributed by atoms with Crippen LogP contribution in [0, 0.1) is 6.92 Å². The average Bonchev–Trinajstić information content (AvgIpc) is 3.32. The first-order chi connectivity index (χ1) is 11.8. The maximum atomic E-state index is 12.2. The summed E-state index contributed by atoms with van der Waals surface area (Å²) in [5.74, 6) is 0.451. The molecule has 4 amide bonds. The quantitative estimate of drug-likeness (QED) is 0.541. The number of oxazole rings is 1. The zero-order chi connectivity index (χ0) is 18.6. The van der Waals surface area contributed by atoms with E-state index in [9.17, 15) is 14.4 Å². The van der Waals surface area contributed by atoms with Gasteiger partial charge in [0, 0.05) is 18.5 Å². The van der Waals surface area contributed by atoms with Crippen LogP contribution in [0.15, 0.2) is 4.42 Å². The van der Waals surface area contributed by atoms with Gasteiger partial charge in [-0.3, -0.25) is 9.59 Å². The van der Waals surface area contributed by atoms with Gasteiger partial charge in [0.1, 0.15) is 6.04 Å². The van der Waals surface area contributed by atoms with Crippen molar-refractivity contribution in [2.45, 2.75) is 58.0 Å². The van der Waals surface area contributed by atoms with Crippen LogP contribution in [0.1, 0.15) is 61.2 Å². The van der Waals surface area contributed by atoms with Crippen molar-refractivity contribution in [1.29, 1.82) is 0 Å². The number of carbonyl (C=O) groups excluding carboxylic acids is 3. The topological polar surface area (TPSA) is 139 Å². The van der Waals surface area contributed by atoms with Gasteiger partial charge >= 0.3 is 6.03 Å². The Kier molecular flexibility index (Phi) is 6.00. The predicted molar refractivity (Wildman–Crippen MR) is 90.0 cm³/mol. The number of hydrogen-bond acceptors (Lipinski definition) is 5. The third-order valence-corrected chi connectivity index (χ3v) is 3.94. The molecule has 25 heavy (non-hydrogen) atoms. The predicted octanol–water partition coefficient (Wildman–Crippen LogP) is 0.542. The van der Waals surface area contributed by atoms with E-state index in [4.69, 9.17) is 10.2 Å². The molecule has 9 nitrogen and oxygen atoms in total. The van der Waals surface area contributed by atoms with Crippen LogP contribution in [-0.4, -0.2) is 41.5 Å². The lowest BCUT2D eigenvalue weighted by molar-refractivity contribution is -0.123. The molecule has 0 saturated heterocycles. The molecule has 2 rings (SSSR count). The molecule has 0 spiro atoms. The highest BCUT2D eigenvalue weighted by atomic mass is 16.4. The van der Waals surface area contributed by atoms with E-state index >= 15 is 0 Å². The molecule has 0 radical (unpaired) electrons. The molecular weight excluding hydrogens is 326 g/mol. The van der Waals surface area contributed by atoms with E-state index in [1.807, 2.05) is 0 Å². The second kappa shape index (κ2) is 8.00. The van der Waals surface area contributed by atoms with Crippen molar-refractivity contribution in [1.82, 2.24) is 20.9 Å². The van der Waals surface area contributed by atoms with Crippen molar-refractivity contribution >= 4 is 17.8 Å². The van der Waals surface area contributed by atoms with Crippen LogP contribution in [-0.2, 0) is 4.79 Å². The number of nitrogens with zero attached hydrogens (tertiary/aromatic N) is 1. The summed E-state index contributed by atoms with van der Waals surface area (Å²) in [5, 5.41) is 7.81. The summed E-state index contributed by atoms with van der Waals surface area (Å²) >= 11 is 0. The monoisotopic (exact) mass is 351 g/mol. The second-order valence-electron chi connectivity index (χ2n) is 6.33. The molecule has 1 aliphatic carbocycles. The molecule has 0 aromatic carbocycles. The smallest absolute Gasteiger partial charge is 0.312 e. The molecule has 1 aromatic heterocycles. The molecule has 1 heterocycles. The number of nitrogens with two attached hydrogens (primary N) is 1. The summed E-state index contributed by atoms with van der Waals surface area (Å²) in [6.07, 6.45) is 2.50. The average molecular weight is 351 g/mol. The maximum Gasteiger partial charge on any atom is 0.312 e. The van der Waals surface area contributed by atoms with Gasteiger partial charge in [-0.15, -0.1) is 0 Å². The van der Waals surface area contributed by atoms with Crippen LogP contribution >= 0.6 is 0 Å². The lowest BCUT2D eigenvalue weighted by atomic mass is 10.2. The third-order valence-electron chi connectivity index (χ3n) is 3.94. The first-order valence-electron chi connectivity index (χ1n) is 8.43. The van der Waals surface area contributed by atoms with Crippen LogP contribution < -0.4 is 21.7 Å². The van der Waals surface area contributed by atoms with Gasteiger partial charge in [-0.2, -0.15) is 0 Å². The summed E-state index contributed by atoms with van der Waals surface area (Å²) in [5.41, 5.74) is 5.60. The normalized spacial score (nSPS) is 16.0. The fourth-order valence-electron chi connectivity index (χ4n) is 2.38. The molecular formula is C16H25N5O4. The van der Waals surface area contributed by atoms with Gasteiger partial charge in [0.05, 0.1) is 5.69 Å². The molecule has 9 heteroatoms. The standard InChI is InChI=1S/C16H25N5O4/c1-4-11(21-16(17)24)13(22)19-8(2)7-18-14(23)12-9(3)20-15(25-12)10-5-6-10/h8,10-11H,4-7H2,1-3H3,(H,18,23)(H,19,22)(H3,17,21,24)/t8-,11?/m0/s1. The zero-order valence-corrected chi connectivity index (χ0v) is 14.7. The number of primary amides is 1. The first-order valence-corrected chi connectivity index (χ1v) is 8.43. The van der Waals surface area contributed by atoms with Crippen molar-refractivity contribution in [3.05, 3.63) is 17.3 Å². The van der Waals surface area contributed by atoms with Crippen molar-refractivity contribution in [2.24, 2.45) is 5.73 Å². The van der Waals surface area contributed by atoms with Gasteiger partial charge in [-0.1, -0.05) is 6.92 Å². The van der Waals surface area contributed by atoms with Crippen LogP contribution in [0.25, 0.3) is 0 Å². The summed E-state index contributed by atoms with van der Waals surface area (Å²) in [6.45, 7) is 5.46. The minimum atomic E-state index is -0.754. The molecule has 5 N–H and O–H groups in total. The second-order valence-corrected chi connectivity index (χ2v) is 6.33. The summed E-state index contributed by atoms with van der Waals surface area (Å²) < 4.78 is 5.54. The number of aromatic nitrogens is 1. The Labute approximate surface area is 146 Å². The fourth-order valence-corrected chi connectivity index (χ4v) is 2.38. The van der Waals surface area contributed by atoms with E-state index in [1.54, 1.807) is 20.8 Å². The largest absolute Gasteiger partial charge is 0.435 e. The molecule has 1 aromatic rings. The SMILES string of the molecule is CCC(NC(N)=O)C(=O)N[C@@H](C)CNC(=O)c1oc(C2CC2)nc1C. The molecule has 1 aliphatic rings. The highest BCUT2D eigenvalue weighted by molar-refractivity contribution is 5.92. The number of urea groups is 1. The highest BCUT2D eigenvalue weighted by Crippen LogP contribution is 2.39. The van der Waals surface area contributed by atoms with Crippen molar-refractivity contribution in [3.63, 3.8) is 0 Å². The van der Waals surface area contributed by atoms with E-state index in [1.165, 1.54) is 0 Å². The van der Waals surface area contributed by atoms with Gasteiger partial charge in [-0.05, 0) is 33.1 Å². The Morgan fingerprint density at radius 3 is 2.56 bits per heavy atom. The van der Waals surface area contributed by atoms with Crippen LogP contribution in [0.5, 0.6) is 0 Å². The molecule has 2 atom stereocenters. The zero-order valence-electron chi connectivity index (χ0n) is 14.7. The van der Waals surface area contributed by atoms with Gasteiger partial charge in [0.25, 0.3) is 5.91 Å². The fraction of sp³-hybridized carbons (Fsp3) is 0.625. The maximum absolute atomic E-state index is 12.2. The molecule has 0 bridgehead atoms. The first kappa shape index (κ1) is 18.8.